The van der Waals surface area contributed by atoms with Gasteiger partial charge >= 0.3 is 0 Å². The molecule has 98 valence electrons. The number of ether oxygens (including phenoxy) is 1. The highest BCUT2D eigenvalue weighted by Crippen LogP contribution is 2.12. The van der Waals surface area contributed by atoms with Crippen molar-refractivity contribution in [2.24, 2.45) is 0 Å². The van der Waals surface area contributed by atoms with Crippen molar-refractivity contribution in [3.8, 4) is 5.75 Å². The highest BCUT2D eigenvalue weighted by molar-refractivity contribution is 5.76. The minimum Gasteiger partial charge on any atom is -0.494 e. The number of hydrogen-bond donors (Lipinski definition) is 1. The molecule has 1 aromatic rings. The fourth-order valence-electron chi connectivity index (χ4n) is 2.06. The minimum absolute atomic E-state index is 0.114. The van der Waals surface area contributed by atoms with Crippen LogP contribution >= 0.6 is 0 Å². The Kier molecular flexibility index (Phi) is 4.59. The normalized spacial score (nSPS) is 18.9. The summed E-state index contributed by atoms with van der Waals surface area (Å²) in [6.07, 6.45) is 1.56. The minimum atomic E-state index is -0.338. The summed E-state index contributed by atoms with van der Waals surface area (Å²) in [5.41, 5.74) is 0. The third-order valence-electron chi connectivity index (χ3n) is 3.06. The van der Waals surface area contributed by atoms with Crippen LogP contribution in [0.1, 0.15) is 19.3 Å². The zero-order valence-electron chi connectivity index (χ0n) is 10.4. The van der Waals surface area contributed by atoms with E-state index in [-0.39, 0.29) is 12.0 Å². The Hall–Kier alpha value is -1.55. The summed E-state index contributed by atoms with van der Waals surface area (Å²) in [5.74, 6) is 0.949. The number of likely N-dealkylation sites (tertiary alicyclic amines) is 1. The first kappa shape index (κ1) is 12.9. The molecule has 1 N–H and O–H groups in total. The van der Waals surface area contributed by atoms with E-state index in [9.17, 15) is 9.90 Å². The number of aliphatic hydroxyl groups excluding tert-OH is 1. The summed E-state index contributed by atoms with van der Waals surface area (Å²) < 4.78 is 5.52. The number of nitrogens with zero attached hydrogens (tertiary/aromatic N) is 1. The van der Waals surface area contributed by atoms with Gasteiger partial charge in [-0.25, -0.2) is 0 Å². The molecule has 1 fully saturated rings. The summed E-state index contributed by atoms with van der Waals surface area (Å²) in [6.45, 7) is 1.71. The Balaban J connectivity index is 1.62. The van der Waals surface area contributed by atoms with Crippen molar-refractivity contribution in [1.82, 2.24) is 4.90 Å². The summed E-state index contributed by atoms with van der Waals surface area (Å²) in [5, 5.41) is 9.35. The number of benzene rings is 1. The number of amides is 1. The highest BCUT2D eigenvalue weighted by atomic mass is 16.5. The Morgan fingerprint density at radius 1 is 1.39 bits per heavy atom. The maximum Gasteiger partial charge on any atom is 0.222 e. The van der Waals surface area contributed by atoms with E-state index in [1.54, 1.807) is 4.90 Å². The second-order valence-corrected chi connectivity index (χ2v) is 4.55. The largest absolute Gasteiger partial charge is 0.494 e. The predicted octanol–water partition coefficient (Wildman–Crippen LogP) is 1.44. The van der Waals surface area contributed by atoms with Crippen LogP contribution in [-0.4, -0.2) is 41.7 Å². The Morgan fingerprint density at radius 2 is 2.17 bits per heavy atom. The molecule has 0 saturated carbocycles. The SMILES string of the molecule is O=C(CCCOc1ccccc1)N1CC[C@@H](O)C1. The second-order valence-electron chi connectivity index (χ2n) is 4.55. The van der Waals surface area contributed by atoms with E-state index in [0.29, 0.717) is 39.0 Å². The lowest BCUT2D eigenvalue weighted by molar-refractivity contribution is -0.130. The lowest BCUT2D eigenvalue weighted by Gasteiger charge is -2.15. The van der Waals surface area contributed by atoms with Crippen LogP contribution in [-0.2, 0) is 4.79 Å². The number of aliphatic hydroxyl groups is 1. The van der Waals surface area contributed by atoms with E-state index in [0.717, 1.165) is 5.75 Å². The van der Waals surface area contributed by atoms with E-state index >= 15 is 0 Å². The molecule has 1 aliphatic heterocycles. The van der Waals surface area contributed by atoms with Crippen molar-refractivity contribution in [3.05, 3.63) is 30.3 Å². The molecule has 1 aromatic carbocycles. The molecule has 18 heavy (non-hydrogen) atoms. The molecule has 1 saturated heterocycles. The summed E-state index contributed by atoms with van der Waals surface area (Å²) in [7, 11) is 0. The smallest absolute Gasteiger partial charge is 0.222 e. The van der Waals surface area contributed by atoms with Crippen molar-refractivity contribution < 1.29 is 14.6 Å². The fraction of sp³-hybridized carbons (Fsp3) is 0.500. The number of para-hydroxylation sites is 1. The molecule has 1 heterocycles. The molecule has 1 aliphatic rings. The summed E-state index contributed by atoms with van der Waals surface area (Å²) in [6, 6.07) is 9.59. The van der Waals surface area contributed by atoms with Crippen molar-refractivity contribution in [2.75, 3.05) is 19.7 Å². The average molecular weight is 249 g/mol. The molecular weight excluding hydrogens is 230 g/mol. The van der Waals surface area contributed by atoms with Crippen LogP contribution in [0.25, 0.3) is 0 Å². The van der Waals surface area contributed by atoms with Crippen molar-refractivity contribution in [3.63, 3.8) is 0 Å². The lowest BCUT2D eigenvalue weighted by atomic mass is 10.3. The topological polar surface area (TPSA) is 49.8 Å². The van der Waals surface area contributed by atoms with Crippen LogP contribution < -0.4 is 4.74 Å². The van der Waals surface area contributed by atoms with Gasteiger partial charge in [-0.05, 0) is 25.0 Å². The van der Waals surface area contributed by atoms with E-state index in [1.807, 2.05) is 30.3 Å². The quantitative estimate of drug-likeness (QED) is 0.803. The van der Waals surface area contributed by atoms with Gasteiger partial charge in [-0.1, -0.05) is 18.2 Å². The zero-order valence-corrected chi connectivity index (χ0v) is 10.4. The molecule has 0 aromatic heterocycles. The molecule has 2 rings (SSSR count). The molecule has 0 bridgehead atoms. The van der Waals surface area contributed by atoms with Gasteiger partial charge in [0.1, 0.15) is 5.75 Å². The molecule has 0 spiro atoms. The van der Waals surface area contributed by atoms with E-state index in [1.165, 1.54) is 0 Å². The van der Waals surface area contributed by atoms with Crippen molar-refractivity contribution in [2.45, 2.75) is 25.4 Å². The first-order valence-electron chi connectivity index (χ1n) is 6.39. The first-order chi connectivity index (χ1) is 8.75. The van der Waals surface area contributed by atoms with Crippen LogP contribution in [0.4, 0.5) is 0 Å². The maximum atomic E-state index is 11.8. The Labute approximate surface area is 107 Å². The van der Waals surface area contributed by atoms with E-state index in [2.05, 4.69) is 0 Å². The highest BCUT2D eigenvalue weighted by Gasteiger charge is 2.23. The third kappa shape index (κ3) is 3.74. The molecule has 4 heteroatoms. The van der Waals surface area contributed by atoms with E-state index in [4.69, 9.17) is 4.74 Å². The number of carbonyl (C=O) groups is 1. The Bertz CT molecular complexity index is 380. The van der Waals surface area contributed by atoms with Crippen LogP contribution in [0.3, 0.4) is 0 Å². The first-order valence-corrected chi connectivity index (χ1v) is 6.39. The van der Waals surface area contributed by atoms with Crippen LogP contribution in [0.2, 0.25) is 0 Å². The average Bonchev–Trinajstić information content (AvgIpc) is 2.82. The predicted molar refractivity (Wildman–Crippen MR) is 68.4 cm³/mol. The standard InChI is InChI=1S/C14H19NO3/c16-12-8-9-15(11-12)14(17)7-4-10-18-13-5-2-1-3-6-13/h1-3,5-6,12,16H,4,7-11H2/t12-/m1/s1. The lowest BCUT2D eigenvalue weighted by Crippen LogP contribution is -2.29. The number of carbonyl (C=O) groups excluding carboxylic acids is 1. The summed E-state index contributed by atoms with van der Waals surface area (Å²) >= 11 is 0. The van der Waals surface area contributed by atoms with Gasteiger partial charge in [-0.15, -0.1) is 0 Å². The second kappa shape index (κ2) is 6.40. The molecule has 0 radical (unpaired) electrons. The van der Waals surface area contributed by atoms with Crippen LogP contribution in [0.15, 0.2) is 30.3 Å². The van der Waals surface area contributed by atoms with Crippen molar-refractivity contribution >= 4 is 5.91 Å². The van der Waals surface area contributed by atoms with Gasteiger partial charge in [-0.2, -0.15) is 0 Å². The molecule has 4 nitrogen and oxygen atoms in total. The third-order valence-corrected chi connectivity index (χ3v) is 3.06. The summed E-state index contributed by atoms with van der Waals surface area (Å²) in [4.78, 5) is 13.5. The Morgan fingerprint density at radius 3 is 2.83 bits per heavy atom. The maximum absolute atomic E-state index is 11.8. The van der Waals surface area contributed by atoms with Gasteiger partial charge in [0.2, 0.25) is 5.91 Å². The molecule has 0 aliphatic carbocycles. The molecule has 0 unspecified atom stereocenters. The van der Waals surface area contributed by atoms with Gasteiger partial charge < -0.3 is 14.7 Å². The fourth-order valence-corrected chi connectivity index (χ4v) is 2.06. The van der Waals surface area contributed by atoms with Gasteiger partial charge in [0, 0.05) is 19.5 Å². The molecule has 1 amide bonds. The number of rotatable bonds is 5. The monoisotopic (exact) mass is 249 g/mol. The van der Waals surface area contributed by atoms with Gasteiger partial charge in [0.15, 0.2) is 0 Å². The number of β-amino-alcohol motifs (C(OH)–C–C–N with tert-alkyl or cyclic N) is 1. The van der Waals surface area contributed by atoms with Crippen LogP contribution in [0.5, 0.6) is 5.75 Å². The van der Waals surface area contributed by atoms with Crippen molar-refractivity contribution in [1.29, 1.82) is 0 Å². The van der Waals surface area contributed by atoms with E-state index < -0.39 is 0 Å². The van der Waals surface area contributed by atoms with Gasteiger partial charge in [-0.3, -0.25) is 4.79 Å². The van der Waals surface area contributed by atoms with Gasteiger partial charge in [0.25, 0.3) is 0 Å². The van der Waals surface area contributed by atoms with Gasteiger partial charge in [0.05, 0.1) is 12.7 Å². The zero-order chi connectivity index (χ0) is 12.8. The number of hydrogen-bond acceptors (Lipinski definition) is 3. The molecular formula is C14H19NO3. The van der Waals surface area contributed by atoms with Crippen LogP contribution in [0, 0.1) is 0 Å². The molecule has 1 atom stereocenters.